The van der Waals surface area contributed by atoms with Crippen LogP contribution in [0.4, 0.5) is 0 Å². The van der Waals surface area contributed by atoms with E-state index in [1.807, 2.05) is 18.2 Å². The van der Waals surface area contributed by atoms with Gasteiger partial charge < -0.3 is 0 Å². The van der Waals surface area contributed by atoms with Crippen LogP contribution in [0.5, 0.6) is 0 Å². The zero-order valence-corrected chi connectivity index (χ0v) is 8.51. The molecule has 0 bridgehead atoms. The Morgan fingerprint density at radius 2 is 1.81 bits per heavy atom. The second-order valence-corrected chi connectivity index (χ2v) is 4.84. The molecule has 0 aromatic heterocycles. The standard InChI is InChI=1S/C14H8N2/c15-6-8-5-11-9-3-1-2-4-10(9)13-12(8)14(11,13)7-16/h1-5,11-13H. The first-order valence-electron chi connectivity index (χ1n) is 5.46. The average Bonchev–Trinajstić information content (AvgIpc) is 2.84. The second kappa shape index (κ2) is 2.20. The Kier molecular flexibility index (Phi) is 1.12. The lowest BCUT2D eigenvalue weighted by atomic mass is 9.90. The van der Waals surface area contributed by atoms with E-state index in [-0.39, 0.29) is 17.3 Å². The van der Waals surface area contributed by atoms with E-state index in [2.05, 4.69) is 24.3 Å². The van der Waals surface area contributed by atoms with Crippen LogP contribution in [-0.2, 0) is 0 Å². The van der Waals surface area contributed by atoms with Crippen molar-refractivity contribution in [3.63, 3.8) is 0 Å². The predicted octanol–water partition coefficient (Wildman–Crippen LogP) is 2.47. The number of hydrogen-bond donors (Lipinski definition) is 0. The van der Waals surface area contributed by atoms with E-state index >= 15 is 0 Å². The molecular formula is C14H8N2. The summed E-state index contributed by atoms with van der Waals surface area (Å²) in [6.45, 7) is 0. The van der Waals surface area contributed by atoms with Crippen molar-refractivity contribution in [3.05, 3.63) is 47.0 Å². The van der Waals surface area contributed by atoms with Crippen LogP contribution in [0.1, 0.15) is 23.0 Å². The fourth-order valence-electron chi connectivity index (χ4n) is 3.83. The smallest absolute Gasteiger partial charge is 0.0947 e. The highest BCUT2D eigenvalue weighted by atomic mass is 14.8. The van der Waals surface area contributed by atoms with Crippen LogP contribution in [0.3, 0.4) is 0 Å². The maximum atomic E-state index is 9.44. The molecule has 3 aliphatic rings. The lowest BCUT2D eigenvalue weighted by Gasteiger charge is -2.10. The molecule has 4 rings (SSSR count). The Morgan fingerprint density at radius 3 is 2.50 bits per heavy atom. The van der Waals surface area contributed by atoms with Gasteiger partial charge in [-0.3, -0.25) is 0 Å². The summed E-state index contributed by atoms with van der Waals surface area (Å²) in [7, 11) is 0. The van der Waals surface area contributed by atoms with Crippen molar-refractivity contribution >= 4 is 0 Å². The number of nitriles is 2. The molecule has 74 valence electrons. The van der Waals surface area contributed by atoms with Gasteiger partial charge in [-0.2, -0.15) is 10.5 Å². The Hall–Kier alpha value is -2.06. The topological polar surface area (TPSA) is 47.6 Å². The third-order valence-corrected chi connectivity index (χ3v) is 4.44. The van der Waals surface area contributed by atoms with Gasteiger partial charge in [-0.15, -0.1) is 0 Å². The van der Waals surface area contributed by atoms with Gasteiger partial charge in [0.1, 0.15) is 0 Å². The van der Waals surface area contributed by atoms with Crippen molar-refractivity contribution in [1.82, 2.24) is 0 Å². The summed E-state index contributed by atoms with van der Waals surface area (Å²) in [5, 5.41) is 18.5. The molecule has 0 spiro atoms. The van der Waals surface area contributed by atoms with Gasteiger partial charge in [0.25, 0.3) is 0 Å². The minimum atomic E-state index is -0.297. The zero-order valence-electron chi connectivity index (χ0n) is 8.51. The summed E-state index contributed by atoms with van der Waals surface area (Å²) < 4.78 is 0. The zero-order chi connectivity index (χ0) is 10.9. The van der Waals surface area contributed by atoms with E-state index in [1.54, 1.807) is 0 Å². The van der Waals surface area contributed by atoms with E-state index in [1.165, 1.54) is 11.1 Å². The first kappa shape index (κ1) is 8.13. The molecule has 0 amide bonds. The summed E-state index contributed by atoms with van der Waals surface area (Å²) in [4.78, 5) is 0. The van der Waals surface area contributed by atoms with Crippen molar-refractivity contribution < 1.29 is 0 Å². The molecule has 0 heterocycles. The lowest BCUT2D eigenvalue weighted by molar-refractivity contribution is 0.599. The predicted molar refractivity (Wildman–Crippen MR) is 57.2 cm³/mol. The van der Waals surface area contributed by atoms with E-state index in [0.717, 1.165) is 5.57 Å². The van der Waals surface area contributed by atoms with Gasteiger partial charge in [-0.25, -0.2) is 0 Å². The summed E-state index contributed by atoms with van der Waals surface area (Å²) in [6.07, 6.45) is 2.01. The molecule has 0 N–H and O–H groups in total. The normalized spacial score (nSPS) is 40.4. The molecule has 1 fully saturated rings. The van der Waals surface area contributed by atoms with E-state index in [9.17, 15) is 5.26 Å². The van der Waals surface area contributed by atoms with Crippen molar-refractivity contribution in [2.24, 2.45) is 11.3 Å². The molecule has 4 atom stereocenters. The quantitative estimate of drug-likeness (QED) is 0.651. The molecule has 3 aliphatic carbocycles. The van der Waals surface area contributed by atoms with Crippen LogP contribution >= 0.6 is 0 Å². The number of rotatable bonds is 0. The third-order valence-electron chi connectivity index (χ3n) is 4.44. The molecule has 0 saturated heterocycles. The van der Waals surface area contributed by atoms with Gasteiger partial charge in [0.2, 0.25) is 0 Å². The van der Waals surface area contributed by atoms with Gasteiger partial charge in [0.15, 0.2) is 0 Å². The maximum absolute atomic E-state index is 9.44. The van der Waals surface area contributed by atoms with Crippen molar-refractivity contribution in [1.29, 1.82) is 10.5 Å². The van der Waals surface area contributed by atoms with Crippen LogP contribution in [0, 0.1) is 34.0 Å². The number of benzene rings is 1. The molecule has 2 heteroatoms. The number of allylic oxidation sites excluding steroid dienone is 2. The van der Waals surface area contributed by atoms with Crippen molar-refractivity contribution in [2.75, 3.05) is 0 Å². The first-order chi connectivity index (χ1) is 7.84. The van der Waals surface area contributed by atoms with Crippen molar-refractivity contribution in [3.8, 4) is 12.1 Å². The highest BCUT2D eigenvalue weighted by Gasteiger charge is 2.77. The SMILES string of the molecule is N#CC1=CC2c3ccccc3C3C1C23C#N. The molecule has 4 unspecified atom stereocenters. The highest BCUT2D eigenvalue weighted by Crippen LogP contribution is 2.81. The number of hydrogen-bond acceptors (Lipinski definition) is 2. The maximum Gasteiger partial charge on any atom is 0.0947 e. The monoisotopic (exact) mass is 204 g/mol. The van der Waals surface area contributed by atoms with Gasteiger partial charge in [-0.1, -0.05) is 30.3 Å². The van der Waals surface area contributed by atoms with E-state index < -0.39 is 0 Å². The van der Waals surface area contributed by atoms with Gasteiger partial charge in [0, 0.05) is 23.3 Å². The van der Waals surface area contributed by atoms with Gasteiger partial charge in [0.05, 0.1) is 17.6 Å². The van der Waals surface area contributed by atoms with Gasteiger partial charge in [-0.05, 0) is 11.1 Å². The summed E-state index contributed by atoms with van der Waals surface area (Å²) >= 11 is 0. The van der Waals surface area contributed by atoms with Crippen LogP contribution in [0.2, 0.25) is 0 Å². The Bertz CT molecular complexity index is 629. The molecule has 1 aromatic rings. The van der Waals surface area contributed by atoms with E-state index in [4.69, 9.17) is 5.26 Å². The number of fused-ring (bicyclic) bond motifs is 4. The largest absolute Gasteiger partial charge is 0.198 e. The van der Waals surface area contributed by atoms with Crippen LogP contribution in [0.25, 0.3) is 0 Å². The Morgan fingerprint density at radius 1 is 1.06 bits per heavy atom. The molecule has 16 heavy (non-hydrogen) atoms. The fourth-order valence-corrected chi connectivity index (χ4v) is 3.83. The Labute approximate surface area is 93.4 Å². The van der Waals surface area contributed by atoms with Crippen molar-refractivity contribution in [2.45, 2.75) is 11.8 Å². The minimum absolute atomic E-state index is 0.165. The minimum Gasteiger partial charge on any atom is -0.198 e. The third kappa shape index (κ3) is 0.573. The molecule has 0 radical (unpaired) electrons. The lowest BCUT2D eigenvalue weighted by Crippen LogP contribution is -2.05. The summed E-state index contributed by atoms with van der Waals surface area (Å²) in [5.74, 6) is 0.638. The van der Waals surface area contributed by atoms with E-state index in [0.29, 0.717) is 5.92 Å². The van der Waals surface area contributed by atoms with Gasteiger partial charge >= 0.3 is 0 Å². The highest BCUT2D eigenvalue weighted by molar-refractivity contribution is 5.66. The molecular weight excluding hydrogens is 196 g/mol. The average molecular weight is 204 g/mol. The Balaban J connectivity index is 2.01. The second-order valence-electron chi connectivity index (χ2n) is 4.84. The molecule has 1 aromatic carbocycles. The summed E-state index contributed by atoms with van der Waals surface area (Å²) in [5.41, 5.74) is 3.08. The van der Waals surface area contributed by atoms with Crippen LogP contribution in [0.15, 0.2) is 35.9 Å². The van der Waals surface area contributed by atoms with Crippen LogP contribution < -0.4 is 0 Å². The summed E-state index contributed by atoms with van der Waals surface area (Å²) in [6, 6.07) is 13.0. The number of nitrogens with zero attached hydrogens (tertiary/aromatic N) is 2. The molecule has 2 nitrogen and oxygen atoms in total. The molecule has 1 saturated carbocycles. The van der Waals surface area contributed by atoms with Crippen LogP contribution in [-0.4, -0.2) is 0 Å². The fraction of sp³-hybridized carbons (Fsp3) is 0.286. The molecule has 0 aliphatic heterocycles. The first-order valence-corrected chi connectivity index (χ1v) is 5.46.